The lowest BCUT2D eigenvalue weighted by atomic mass is 10.2. The summed E-state index contributed by atoms with van der Waals surface area (Å²) in [5.41, 5.74) is 5.25. The Labute approximate surface area is 166 Å². The molecule has 0 aliphatic heterocycles. The van der Waals surface area contributed by atoms with Crippen LogP contribution in [0.4, 0.5) is 19.5 Å². The Morgan fingerprint density at radius 1 is 1.34 bits per heavy atom. The predicted octanol–water partition coefficient (Wildman–Crippen LogP) is 1.44. The van der Waals surface area contributed by atoms with E-state index in [4.69, 9.17) is 15.6 Å². The van der Waals surface area contributed by atoms with Gasteiger partial charge in [-0.15, -0.1) is 0 Å². The van der Waals surface area contributed by atoms with E-state index in [0.29, 0.717) is 0 Å². The van der Waals surface area contributed by atoms with Crippen LogP contribution in [0.3, 0.4) is 0 Å². The fourth-order valence-electron chi connectivity index (χ4n) is 2.23. The van der Waals surface area contributed by atoms with E-state index < -0.39 is 30.3 Å². The van der Waals surface area contributed by atoms with Gasteiger partial charge in [0.2, 0.25) is 5.88 Å². The number of aliphatic hydroxyl groups is 2. The minimum absolute atomic E-state index is 0.0461. The first-order valence-corrected chi connectivity index (χ1v) is 8.96. The number of benzene rings is 1. The lowest BCUT2D eigenvalue weighted by Crippen LogP contribution is -2.22. The fourth-order valence-corrected chi connectivity index (χ4v) is 3.11. The quantitative estimate of drug-likeness (QED) is 0.447. The molecular weight excluding hydrogens is 408 g/mol. The number of nitrogen functional groups attached to an aromatic ring is 1. The van der Waals surface area contributed by atoms with E-state index in [1.165, 1.54) is 12.3 Å². The smallest absolute Gasteiger partial charge is 0.277 e. The van der Waals surface area contributed by atoms with Crippen molar-refractivity contribution in [3.8, 4) is 16.5 Å². The number of amides is 1. The highest BCUT2D eigenvalue weighted by molar-refractivity contribution is 7.19. The van der Waals surface area contributed by atoms with E-state index in [2.05, 4.69) is 20.3 Å². The molecule has 2 heterocycles. The molecule has 1 aromatic carbocycles. The Morgan fingerprint density at radius 3 is 2.76 bits per heavy atom. The number of rotatable bonds is 7. The number of nitrogens with one attached hydrogen (secondary N) is 1. The van der Waals surface area contributed by atoms with Crippen molar-refractivity contribution < 1.29 is 28.5 Å². The maximum atomic E-state index is 14.0. The number of nitrogens with zero attached hydrogens (tertiary/aromatic N) is 3. The van der Waals surface area contributed by atoms with Gasteiger partial charge in [0, 0.05) is 0 Å². The number of halogens is 2. The monoisotopic (exact) mass is 423 g/mol. The summed E-state index contributed by atoms with van der Waals surface area (Å²) in [6.45, 7) is -0.788. The van der Waals surface area contributed by atoms with Gasteiger partial charge in [-0.25, -0.2) is 18.7 Å². The summed E-state index contributed by atoms with van der Waals surface area (Å²) >= 11 is 0.759. The molecule has 3 aromatic rings. The molecule has 0 spiro atoms. The number of carbonyl (C=O) groups excluding carboxylic acids is 1. The molecule has 0 aliphatic carbocycles. The normalized spacial score (nSPS) is 11.9. The van der Waals surface area contributed by atoms with Crippen LogP contribution in [0.25, 0.3) is 10.6 Å². The SMILES string of the molecule is Nc1sc(-c2c(F)cccc2F)nc1C(=O)Nc1cncnc1OC[C@H](O)CO. The maximum absolute atomic E-state index is 14.0. The van der Waals surface area contributed by atoms with Crippen LogP contribution >= 0.6 is 11.3 Å². The van der Waals surface area contributed by atoms with Gasteiger partial charge in [0.1, 0.15) is 46.4 Å². The predicted molar refractivity (Wildman–Crippen MR) is 100 cm³/mol. The Balaban J connectivity index is 1.83. The second kappa shape index (κ2) is 8.86. The van der Waals surface area contributed by atoms with Crippen LogP contribution in [-0.4, -0.2) is 50.4 Å². The van der Waals surface area contributed by atoms with Crippen molar-refractivity contribution in [3.63, 3.8) is 0 Å². The zero-order valence-corrected chi connectivity index (χ0v) is 15.5. The van der Waals surface area contributed by atoms with Gasteiger partial charge in [0.15, 0.2) is 5.69 Å². The molecule has 2 aromatic heterocycles. The van der Waals surface area contributed by atoms with Crippen molar-refractivity contribution in [2.75, 3.05) is 24.3 Å². The summed E-state index contributed by atoms with van der Waals surface area (Å²) in [6, 6.07) is 3.35. The lowest BCUT2D eigenvalue weighted by molar-refractivity contribution is 0.0523. The minimum Gasteiger partial charge on any atom is -0.473 e. The molecule has 0 saturated carbocycles. The number of carbonyl (C=O) groups is 1. The highest BCUT2D eigenvalue weighted by Gasteiger charge is 2.22. The number of hydrogen-bond donors (Lipinski definition) is 4. The standard InChI is InChI=1S/C17H15F2N5O4S/c18-9-2-1-3-10(19)12(9)17-24-13(14(20)29-17)15(27)23-11-4-21-7-22-16(11)28-6-8(26)5-25/h1-4,7-8,25-26H,5-6,20H2,(H,23,27)/t8-/m1/s1. The number of thiazole rings is 1. The van der Waals surface area contributed by atoms with Gasteiger partial charge in [0.05, 0.1) is 18.4 Å². The van der Waals surface area contributed by atoms with Gasteiger partial charge < -0.3 is 26.0 Å². The number of anilines is 2. The molecule has 12 heteroatoms. The number of hydrogen-bond acceptors (Lipinski definition) is 9. The first-order chi connectivity index (χ1) is 13.9. The molecule has 29 heavy (non-hydrogen) atoms. The van der Waals surface area contributed by atoms with Crippen LogP contribution in [0.2, 0.25) is 0 Å². The maximum Gasteiger partial charge on any atom is 0.277 e. The summed E-state index contributed by atoms with van der Waals surface area (Å²) in [5.74, 6) is -2.50. The van der Waals surface area contributed by atoms with Crippen molar-refractivity contribution in [2.45, 2.75) is 6.10 Å². The van der Waals surface area contributed by atoms with Crippen LogP contribution in [0.1, 0.15) is 10.5 Å². The van der Waals surface area contributed by atoms with Crippen LogP contribution < -0.4 is 15.8 Å². The molecule has 0 radical (unpaired) electrons. The first kappa shape index (κ1) is 20.5. The summed E-state index contributed by atoms with van der Waals surface area (Å²) in [5, 5.41) is 20.5. The Kier molecular flexibility index (Phi) is 6.26. The van der Waals surface area contributed by atoms with E-state index in [1.807, 2.05) is 0 Å². The number of aromatic nitrogens is 3. The van der Waals surface area contributed by atoms with E-state index in [1.54, 1.807) is 0 Å². The Morgan fingerprint density at radius 2 is 2.07 bits per heavy atom. The molecule has 9 nitrogen and oxygen atoms in total. The van der Waals surface area contributed by atoms with Gasteiger partial charge in [-0.1, -0.05) is 17.4 Å². The third-order valence-electron chi connectivity index (χ3n) is 3.59. The van der Waals surface area contributed by atoms with E-state index >= 15 is 0 Å². The minimum atomic E-state index is -1.14. The number of ether oxygens (including phenoxy) is 1. The molecule has 3 rings (SSSR count). The molecule has 5 N–H and O–H groups in total. The molecule has 0 bridgehead atoms. The molecule has 0 aliphatic rings. The van der Waals surface area contributed by atoms with Gasteiger partial charge in [-0.2, -0.15) is 4.98 Å². The highest BCUT2D eigenvalue weighted by atomic mass is 32.1. The third kappa shape index (κ3) is 4.62. The van der Waals surface area contributed by atoms with Crippen molar-refractivity contribution in [1.82, 2.24) is 15.0 Å². The number of nitrogens with two attached hydrogens (primary N) is 1. The second-order valence-electron chi connectivity index (χ2n) is 5.67. The third-order valence-corrected chi connectivity index (χ3v) is 4.49. The molecule has 1 atom stereocenters. The molecule has 0 unspecified atom stereocenters. The average Bonchev–Trinajstić information content (AvgIpc) is 3.08. The van der Waals surface area contributed by atoms with E-state index in [9.17, 15) is 18.7 Å². The van der Waals surface area contributed by atoms with Crippen LogP contribution in [0, 0.1) is 11.6 Å². The molecule has 0 fully saturated rings. The molecule has 1 amide bonds. The van der Waals surface area contributed by atoms with Gasteiger partial charge in [0.25, 0.3) is 5.91 Å². The largest absolute Gasteiger partial charge is 0.473 e. The average molecular weight is 423 g/mol. The first-order valence-electron chi connectivity index (χ1n) is 8.14. The molecule has 0 saturated heterocycles. The van der Waals surface area contributed by atoms with Gasteiger partial charge in [-0.3, -0.25) is 4.79 Å². The van der Waals surface area contributed by atoms with E-state index in [0.717, 1.165) is 29.8 Å². The highest BCUT2D eigenvalue weighted by Crippen LogP contribution is 2.34. The Hall–Kier alpha value is -3.22. The van der Waals surface area contributed by atoms with Crippen molar-refractivity contribution in [1.29, 1.82) is 0 Å². The lowest BCUT2D eigenvalue weighted by Gasteiger charge is -2.12. The zero-order chi connectivity index (χ0) is 21.0. The Bertz CT molecular complexity index is 1010. The van der Waals surface area contributed by atoms with Gasteiger partial charge >= 0.3 is 0 Å². The molecule has 152 valence electrons. The summed E-state index contributed by atoms with van der Waals surface area (Å²) in [6.07, 6.45) is 1.26. The number of aliphatic hydroxyl groups excluding tert-OH is 2. The summed E-state index contributed by atoms with van der Waals surface area (Å²) < 4.78 is 33.2. The van der Waals surface area contributed by atoms with Crippen LogP contribution in [0.5, 0.6) is 5.88 Å². The van der Waals surface area contributed by atoms with Gasteiger partial charge in [-0.05, 0) is 12.1 Å². The summed E-state index contributed by atoms with van der Waals surface area (Å²) in [4.78, 5) is 24.1. The van der Waals surface area contributed by atoms with Crippen molar-refractivity contribution >= 4 is 27.9 Å². The fraction of sp³-hybridized carbons (Fsp3) is 0.176. The zero-order valence-electron chi connectivity index (χ0n) is 14.7. The molecular formula is C17H15F2N5O4S. The second-order valence-corrected chi connectivity index (χ2v) is 6.70. The van der Waals surface area contributed by atoms with Crippen LogP contribution in [0.15, 0.2) is 30.7 Å². The van der Waals surface area contributed by atoms with Crippen molar-refractivity contribution in [3.05, 3.63) is 48.1 Å². The summed E-state index contributed by atoms with van der Waals surface area (Å²) in [7, 11) is 0. The van der Waals surface area contributed by atoms with E-state index in [-0.39, 0.29) is 39.4 Å². The topological polar surface area (TPSA) is 143 Å². The van der Waals surface area contributed by atoms with Crippen LogP contribution in [-0.2, 0) is 0 Å². The van der Waals surface area contributed by atoms with Crippen molar-refractivity contribution in [2.24, 2.45) is 0 Å².